The molecule has 68 valence electrons. The number of hydrogen-bond acceptors (Lipinski definition) is 2. The molecule has 0 aliphatic rings. The molecule has 0 aromatic carbocycles. The number of nitrogens with zero attached hydrogens (tertiary/aromatic N) is 1. The summed E-state index contributed by atoms with van der Waals surface area (Å²) in [7, 11) is 1.73. The zero-order chi connectivity index (χ0) is 9.56. The molecule has 0 amide bonds. The molecule has 0 aromatic rings. The highest BCUT2D eigenvalue weighted by molar-refractivity contribution is 6.14. The third-order valence-electron chi connectivity index (χ3n) is 1.64. The van der Waals surface area contributed by atoms with Crippen LogP contribution < -0.4 is 0 Å². The Hall–Kier alpha value is -0.920. The molecule has 0 aliphatic carbocycles. The van der Waals surface area contributed by atoms with E-state index in [9.17, 15) is 4.79 Å². The van der Waals surface area contributed by atoms with Crippen molar-refractivity contribution in [1.29, 1.82) is 0 Å². The van der Waals surface area contributed by atoms with Crippen molar-refractivity contribution in [2.75, 3.05) is 7.05 Å². The third-order valence-corrected chi connectivity index (χ3v) is 1.64. The second-order valence-corrected chi connectivity index (χ2v) is 3.13. The van der Waals surface area contributed by atoms with Gasteiger partial charge in [0.25, 0.3) is 0 Å². The molecule has 0 fully saturated rings. The fourth-order valence-corrected chi connectivity index (χ4v) is 1.03. The monoisotopic (exact) mass is 167 g/mol. The molecule has 0 bridgehead atoms. The van der Waals surface area contributed by atoms with Gasteiger partial charge in [0.1, 0.15) is 0 Å². The van der Waals surface area contributed by atoms with Crippen LogP contribution in [0.4, 0.5) is 0 Å². The summed E-state index contributed by atoms with van der Waals surface area (Å²) in [6.07, 6.45) is 3.54. The van der Waals surface area contributed by atoms with Crippen molar-refractivity contribution in [2.45, 2.75) is 27.2 Å². The Labute approximate surface area is 74.4 Å². The van der Waals surface area contributed by atoms with Gasteiger partial charge in [-0.25, -0.2) is 0 Å². The van der Waals surface area contributed by atoms with Crippen LogP contribution in [0.15, 0.2) is 16.6 Å². The van der Waals surface area contributed by atoms with Crippen LogP contribution in [0.5, 0.6) is 0 Å². The predicted octanol–water partition coefficient (Wildman–Crippen LogP) is 2.25. The lowest BCUT2D eigenvalue weighted by Gasteiger charge is -2.06. The molecule has 0 rings (SSSR count). The molecule has 2 nitrogen and oxygen atoms in total. The minimum absolute atomic E-state index is 0.540. The number of carbonyl (C=O) groups is 1. The quantitative estimate of drug-likeness (QED) is 0.359. The molecule has 0 saturated heterocycles. The summed E-state index contributed by atoms with van der Waals surface area (Å²) >= 11 is 0. The molecule has 0 N–H and O–H groups in total. The van der Waals surface area contributed by atoms with Crippen LogP contribution in [0.2, 0.25) is 0 Å². The number of allylic oxidation sites excluding steroid dienone is 2. The minimum Gasteiger partial charge on any atom is -0.298 e. The Balaban J connectivity index is 4.46. The molecule has 0 aliphatic heterocycles. The fraction of sp³-hybridized carbons (Fsp3) is 0.600. The van der Waals surface area contributed by atoms with Crippen molar-refractivity contribution >= 4 is 12.0 Å². The first kappa shape index (κ1) is 11.1. The van der Waals surface area contributed by atoms with Crippen LogP contribution in [0.3, 0.4) is 0 Å². The third kappa shape index (κ3) is 3.46. The fourth-order valence-electron chi connectivity index (χ4n) is 1.03. The molecular formula is C10H17NO. The molecule has 12 heavy (non-hydrogen) atoms. The molecule has 0 unspecified atom stereocenters. The number of carbonyl (C=O) groups excluding carboxylic acids is 1. The van der Waals surface area contributed by atoms with E-state index >= 15 is 0 Å². The molecule has 0 heterocycles. The first-order chi connectivity index (χ1) is 5.65. The first-order valence-corrected chi connectivity index (χ1v) is 4.23. The molecule has 0 saturated carbocycles. The summed E-state index contributed by atoms with van der Waals surface area (Å²) in [5.41, 5.74) is 1.62. The zero-order valence-corrected chi connectivity index (χ0v) is 8.29. The predicted molar refractivity (Wildman–Crippen MR) is 52.6 cm³/mol. The van der Waals surface area contributed by atoms with Crippen molar-refractivity contribution in [1.82, 2.24) is 0 Å². The minimum atomic E-state index is 0.540. The summed E-state index contributed by atoms with van der Waals surface area (Å²) < 4.78 is 0. The van der Waals surface area contributed by atoms with Crippen LogP contribution in [0, 0.1) is 5.92 Å². The molecule has 0 atom stereocenters. The summed E-state index contributed by atoms with van der Waals surface area (Å²) in [6.45, 7) is 6.09. The highest BCUT2D eigenvalue weighted by Gasteiger charge is 2.06. The lowest BCUT2D eigenvalue weighted by Crippen LogP contribution is -2.07. The van der Waals surface area contributed by atoms with Gasteiger partial charge >= 0.3 is 0 Å². The van der Waals surface area contributed by atoms with Gasteiger partial charge in [-0.15, -0.1) is 0 Å². The first-order valence-electron chi connectivity index (χ1n) is 4.23. The van der Waals surface area contributed by atoms with Gasteiger partial charge in [-0.2, -0.15) is 0 Å². The summed E-state index contributed by atoms with van der Waals surface area (Å²) in [6, 6.07) is 0. The van der Waals surface area contributed by atoms with Gasteiger partial charge in [0.15, 0.2) is 6.29 Å². The van der Waals surface area contributed by atoms with E-state index in [4.69, 9.17) is 0 Å². The topological polar surface area (TPSA) is 29.4 Å². The maximum Gasteiger partial charge on any atom is 0.151 e. The van der Waals surface area contributed by atoms with Crippen LogP contribution in [0.25, 0.3) is 0 Å². The summed E-state index contributed by atoms with van der Waals surface area (Å²) in [4.78, 5) is 14.7. The van der Waals surface area contributed by atoms with E-state index in [0.29, 0.717) is 11.5 Å². The van der Waals surface area contributed by atoms with Gasteiger partial charge in [-0.3, -0.25) is 9.79 Å². The summed E-state index contributed by atoms with van der Waals surface area (Å²) in [5, 5.41) is 0. The Bertz CT molecular complexity index is 202. The van der Waals surface area contributed by atoms with Gasteiger partial charge in [0.2, 0.25) is 0 Å². The number of hydrogen-bond donors (Lipinski definition) is 0. The molecule has 0 radical (unpaired) electrons. The lowest BCUT2D eigenvalue weighted by molar-refractivity contribution is -0.104. The maximum atomic E-state index is 10.6. The van der Waals surface area contributed by atoms with Crippen LogP contribution in [-0.2, 0) is 4.79 Å². The maximum absolute atomic E-state index is 10.6. The molecular weight excluding hydrogens is 150 g/mol. The van der Waals surface area contributed by atoms with E-state index in [0.717, 1.165) is 18.4 Å². The SMILES string of the molecule is C/C=C(/C=O)C(CC(C)C)=NC. The van der Waals surface area contributed by atoms with E-state index < -0.39 is 0 Å². The average molecular weight is 167 g/mol. The van der Waals surface area contributed by atoms with Crippen molar-refractivity contribution in [2.24, 2.45) is 10.9 Å². The second-order valence-electron chi connectivity index (χ2n) is 3.13. The lowest BCUT2D eigenvalue weighted by atomic mass is 10.0. The number of aldehydes is 1. The second kappa shape index (κ2) is 5.70. The van der Waals surface area contributed by atoms with Gasteiger partial charge in [-0.05, 0) is 19.3 Å². The average Bonchev–Trinajstić information content (AvgIpc) is 2.04. The van der Waals surface area contributed by atoms with Gasteiger partial charge in [-0.1, -0.05) is 19.9 Å². The van der Waals surface area contributed by atoms with Crippen LogP contribution in [0.1, 0.15) is 27.2 Å². The van der Waals surface area contributed by atoms with Crippen molar-refractivity contribution < 1.29 is 4.79 Å². The van der Waals surface area contributed by atoms with Crippen molar-refractivity contribution in [3.8, 4) is 0 Å². The highest BCUT2D eigenvalue weighted by atomic mass is 16.1. The van der Waals surface area contributed by atoms with Crippen molar-refractivity contribution in [3.63, 3.8) is 0 Å². The number of rotatable bonds is 4. The Morgan fingerprint density at radius 2 is 2.08 bits per heavy atom. The smallest absolute Gasteiger partial charge is 0.151 e. The van der Waals surface area contributed by atoms with Crippen molar-refractivity contribution in [3.05, 3.63) is 11.6 Å². The Morgan fingerprint density at radius 1 is 1.50 bits per heavy atom. The summed E-state index contributed by atoms with van der Waals surface area (Å²) in [5.74, 6) is 0.540. The van der Waals surface area contributed by atoms with E-state index in [1.165, 1.54) is 0 Å². The van der Waals surface area contributed by atoms with Gasteiger partial charge in [0.05, 0.1) is 0 Å². The van der Waals surface area contributed by atoms with Gasteiger partial charge < -0.3 is 0 Å². The Kier molecular flexibility index (Phi) is 5.26. The number of aliphatic imine (C=N–C) groups is 1. The zero-order valence-electron chi connectivity index (χ0n) is 8.29. The van der Waals surface area contributed by atoms with E-state index in [1.54, 1.807) is 13.1 Å². The van der Waals surface area contributed by atoms with E-state index in [1.807, 2.05) is 6.92 Å². The largest absolute Gasteiger partial charge is 0.298 e. The Morgan fingerprint density at radius 3 is 2.33 bits per heavy atom. The molecule has 0 aromatic heterocycles. The van der Waals surface area contributed by atoms with Crippen LogP contribution >= 0.6 is 0 Å². The van der Waals surface area contributed by atoms with Crippen LogP contribution in [-0.4, -0.2) is 19.0 Å². The van der Waals surface area contributed by atoms with Gasteiger partial charge in [0, 0.05) is 18.3 Å². The normalized spacial score (nSPS) is 13.8. The molecule has 0 spiro atoms. The molecule has 2 heteroatoms. The standard InChI is InChI=1S/C10H17NO/c1-5-9(7-12)10(11-4)6-8(2)3/h5,7-8H,6H2,1-4H3/b9-5-,11-10?. The van der Waals surface area contributed by atoms with E-state index in [-0.39, 0.29) is 0 Å². The highest BCUT2D eigenvalue weighted by Crippen LogP contribution is 2.07. The van der Waals surface area contributed by atoms with E-state index in [2.05, 4.69) is 18.8 Å².